The van der Waals surface area contributed by atoms with Crippen molar-refractivity contribution in [2.75, 3.05) is 29.9 Å². The fourth-order valence-electron chi connectivity index (χ4n) is 4.02. The monoisotopic (exact) mass is 427 g/mol. The first-order chi connectivity index (χ1) is 15.7. The van der Waals surface area contributed by atoms with Crippen molar-refractivity contribution in [3.63, 3.8) is 0 Å². The van der Waals surface area contributed by atoms with Crippen LogP contribution < -0.4 is 14.5 Å². The molecular formula is C25H25N5O2. The maximum atomic E-state index is 10.1. The Morgan fingerprint density at radius 3 is 2.28 bits per heavy atom. The fourth-order valence-corrected chi connectivity index (χ4v) is 4.02. The maximum absolute atomic E-state index is 10.1. The molecule has 0 spiro atoms. The van der Waals surface area contributed by atoms with Crippen molar-refractivity contribution in [2.45, 2.75) is 19.3 Å². The smallest absolute Gasteiger partial charge is 0.325 e. The number of aromatic nitrogens is 3. The van der Waals surface area contributed by atoms with Crippen molar-refractivity contribution in [3.8, 4) is 17.6 Å². The Bertz CT molecular complexity index is 1210. The van der Waals surface area contributed by atoms with Crippen LogP contribution in [-0.2, 0) is 0 Å². The molecule has 0 aliphatic carbocycles. The first kappa shape index (κ1) is 20.1. The topological polar surface area (TPSA) is 74.6 Å². The highest BCUT2D eigenvalue weighted by molar-refractivity contribution is 5.82. The standard InChI is InChI=1S/C25H25N5O2/c1-29(18-5-7-20(8-6-18)30-15-3-2-4-16-30)19-9-11-21(12-10-19)32-25-27-23-17-26-14-13-22(23)24(31)28-25/h5-14,17H,2-4,15-16H2,1H3,(H,27,28,31). The lowest BCUT2D eigenvalue weighted by molar-refractivity contribution is 0.412. The summed E-state index contributed by atoms with van der Waals surface area (Å²) in [6.45, 7) is 2.29. The van der Waals surface area contributed by atoms with E-state index < -0.39 is 0 Å². The minimum atomic E-state index is -0.128. The van der Waals surface area contributed by atoms with Gasteiger partial charge in [0, 0.05) is 43.4 Å². The number of aromatic hydroxyl groups is 1. The van der Waals surface area contributed by atoms with Gasteiger partial charge in [0.25, 0.3) is 0 Å². The Kier molecular flexibility index (Phi) is 5.46. The summed E-state index contributed by atoms with van der Waals surface area (Å²) in [5.74, 6) is 0.460. The summed E-state index contributed by atoms with van der Waals surface area (Å²) < 4.78 is 5.76. The molecule has 1 N–H and O–H groups in total. The molecule has 1 aliphatic rings. The van der Waals surface area contributed by atoms with E-state index in [2.05, 4.69) is 49.0 Å². The van der Waals surface area contributed by atoms with Gasteiger partial charge >= 0.3 is 6.01 Å². The van der Waals surface area contributed by atoms with Gasteiger partial charge < -0.3 is 19.6 Å². The Morgan fingerprint density at radius 2 is 1.56 bits per heavy atom. The first-order valence-corrected chi connectivity index (χ1v) is 10.8. The second-order valence-corrected chi connectivity index (χ2v) is 7.94. The molecule has 0 radical (unpaired) electrons. The third-order valence-electron chi connectivity index (χ3n) is 5.85. The van der Waals surface area contributed by atoms with Gasteiger partial charge in [-0.25, -0.2) is 0 Å². The molecule has 0 unspecified atom stereocenters. The molecule has 2 aromatic heterocycles. The molecule has 1 aliphatic heterocycles. The van der Waals surface area contributed by atoms with Gasteiger partial charge in [0.05, 0.1) is 17.1 Å². The van der Waals surface area contributed by atoms with Gasteiger partial charge in [0.2, 0.25) is 5.88 Å². The zero-order chi connectivity index (χ0) is 21.9. The Labute approximate surface area is 186 Å². The SMILES string of the molecule is CN(c1ccc(Oc2nc(O)c3ccncc3n2)cc1)c1ccc(N2CCCCC2)cc1. The summed E-state index contributed by atoms with van der Waals surface area (Å²) in [5.41, 5.74) is 3.98. The van der Waals surface area contributed by atoms with E-state index in [1.54, 1.807) is 18.5 Å². The molecular weight excluding hydrogens is 402 g/mol. The molecule has 4 aromatic rings. The molecule has 0 bridgehead atoms. The second-order valence-electron chi connectivity index (χ2n) is 7.94. The van der Waals surface area contributed by atoms with Crippen molar-refractivity contribution >= 4 is 28.0 Å². The summed E-state index contributed by atoms with van der Waals surface area (Å²) in [6, 6.07) is 18.2. The molecule has 7 nitrogen and oxygen atoms in total. The third kappa shape index (κ3) is 4.14. The molecule has 32 heavy (non-hydrogen) atoms. The van der Waals surface area contributed by atoms with Crippen LogP contribution in [0.5, 0.6) is 17.6 Å². The van der Waals surface area contributed by atoms with Gasteiger partial charge in [0.1, 0.15) is 5.75 Å². The molecule has 2 aromatic carbocycles. The van der Waals surface area contributed by atoms with Gasteiger partial charge in [-0.3, -0.25) is 4.98 Å². The number of anilines is 3. The van der Waals surface area contributed by atoms with Crippen LogP contribution in [0.25, 0.3) is 10.9 Å². The zero-order valence-electron chi connectivity index (χ0n) is 18.0. The number of pyridine rings is 1. The highest BCUT2D eigenvalue weighted by Gasteiger charge is 2.12. The van der Waals surface area contributed by atoms with Crippen LogP contribution in [0.15, 0.2) is 67.0 Å². The normalized spacial score (nSPS) is 13.8. The fraction of sp³-hybridized carbons (Fsp3) is 0.240. The Morgan fingerprint density at radius 1 is 0.875 bits per heavy atom. The summed E-state index contributed by atoms with van der Waals surface area (Å²) in [5, 5.41) is 10.6. The molecule has 0 amide bonds. The lowest BCUT2D eigenvalue weighted by Crippen LogP contribution is -2.29. The minimum Gasteiger partial charge on any atom is -0.493 e. The van der Waals surface area contributed by atoms with Crippen molar-refractivity contribution in [1.82, 2.24) is 15.0 Å². The molecule has 1 saturated heterocycles. The van der Waals surface area contributed by atoms with Gasteiger partial charge in [-0.05, 0) is 73.9 Å². The highest BCUT2D eigenvalue weighted by Crippen LogP contribution is 2.30. The van der Waals surface area contributed by atoms with Crippen LogP contribution in [0, 0.1) is 0 Å². The van der Waals surface area contributed by atoms with E-state index >= 15 is 0 Å². The summed E-state index contributed by atoms with van der Waals surface area (Å²) in [4.78, 5) is 17.0. The molecule has 0 atom stereocenters. The van der Waals surface area contributed by atoms with E-state index in [9.17, 15) is 5.11 Å². The Hall–Kier alpha value is -3.87. The van der Waals surface area contributed by atoms with Crippen LogP contribution in [0.2, 0.25) is 0 Å². The highest BCUT2D eigenvalue weighted by atomic mass is 16.5. The van der Waals surface area contributed by atoms with Gasteiger partial charge in [-0.2, -0.15) is 9.97 Å². The number of nitrogens with zero attached hydrogens (tertiary/aromatic N) is 5. The molecule has 7 heteroatoms. The number of hydrogen-bond acceptors (Lipinski definition) is 7. The average Bonchev–Trinajstić information content (AvgIpc) is 2.85. The molecule has 5 rings (SSSR count). The van der Waals surface area contributed by atoms with E-state index in [1.807, 2.05) is 31.3 Å². The van der Waals surface area contributed by atoms with E-state index in [0.29, 0.717) is 16.7 Å². The van der Waals surface area contributed by atoms with Crippen molar-refractivity contribution in [1.29, 1.82) is 0 Å². The van der Waals surface area contributed by atoms with E-state index in [0.717, 1.165) is 24.5 Å². The van der Waals surface area contributed by atoms with Crippen molar-refractivity contribution in [3.05, 3.63) is 67.0 Å². The van der Waals surface area contributed by atoms with Crippen LogP contribution in [-0.4, -0.2) is 40.2 Å². The van der Waals surface area contributed by atoms with Gasteiger partial charge in [-0.15, -0.1) is 0 Å². The molecule has 1 fully saturated rings. The first-order valence-electron chi connectivity index (χ1n) is 10.8. The third-order valence-corrected chi connectivity index (χ3v) is 5.85. The van der Waals surface area contributed by atoms with E-state index in [-0.39, 0.29) is 11.9 Å². The number of ether oxygens (including phenoxy) is 1. The van der Waals surface area contributed by atoms with Crippen molar-refractivity contribution < 1.29 is 9.84 Å². The Balaban J connectivity index is 1.29. The van der Waals surface area contributed by atoms with Crippen molar-refractivity contribution in [2.24, 2.45) is 0 Å². The zero-order valence-corrected chi connectivity index (χ0v) is 18.0. The number of hydrogen-bond donors (Lipinski definition) is 1. The molecule has 0 saturated carbocycles. The van der Waals surface area contributed by atoms with Gasteiger partial charge in [-0.1, -0.05) is 0 Å². The lowest BCUT2D eigenvalue weighted by atomic mass is 10.1. The van der Waals surface area contributed by atoms with Crippen LogP contribution >= 0.6 is 0 Å². The minimum absolute atomic E-state index is 0.0809. The number of rotatable bonds is 5. The average molecular weight is 428 g/mol. The van der Waals surface area contributed by atoms with Gasteiger partial charge in [0.15, 0.2) is 0 Å². The van der Waals surface area contributed by atoms with Crippen LogP contribution in [0.3, 0.4) is 0 Å². The quantitative estimate of drug-likeness (QED) is 0.464. The lowest BCUT2D eigenvalue weighted by Gasteiger charge is -2.29. The summed E-state index contributed by atoms with van der Waals surface area (Å²) in [6.07, 6.45) is 7.04. The van der Waals surface area contributed by atoms with E-state index in [4.69, 9.17) is 4.74 Å². The summed E-state index contributed by atoms with van der Waals surface area (Å²) in [7, 11) is 2.04. The second kappa shape index (κ2) is 8.70. The number of piperidine rings is 1. The predicted molar refractivity (Wildman–Crippen MR) is 126 cm³/mol. The molecule has 162 valence electrons. The number of benzene rings is 2. The van der Waals surface area contributed by atoms with Crippen LogP contribution in [0.1, 0.15) is 19.3 Å². The van der Waals surface area contributed by atoms with Crippen LogP contribution in [0.4, 0.5) is 17.1 Å². The predicted octanol–water partition coefficient (Wildman–Crippen LogP) is 5.28. The largest absolute Gasteiger partial charge is 0.493 e. The number of fused-ring (bicyclic) bond motifs is 1. The molecule has 3 heterocycles. The maximum Gasteiger partial charge on any atom is 0.325 e. The summed E-state index contributed by atoms with van der Waals surface area (Å²) >= 11 is 0. The van der Waals surface area contributed by atoms with E-state index in [1.165, 1.54) is 24.9 Å².